The molecule has 0 saturated carbocycles. The predicted octanol–water partition coefficient (Wildman–Crippen LogP) is 1.64. The monoisotopic (exact) mass is 361 g/mol. The predicted molar refractivity (Wildman–Crippen MR) is 96.6 cm³/mol. The van der Waals surface area contributed by atoms with Crippen LogP contribution in [0.25, 0.3) is 0 Å². The molecular weight excluding hydrogens is 338 g/mol. The molecule has 8 heteroatoms. The summed E-state index contributed by atoms with van der Waals surface area (Å²) in [6, 6.07) is 11.8. The Morgan fingerprint density at radius 2 is 1.65 bits per heavy atom. The van der Waals surface area contributed by atoms with E-state index in [2.05, 4.69) is 10.2 Å². The van der Waals surface area contributed by atoms with Gasteiger partial charge in [-0.15, -0.1) is 0 Å². The molecule has 0 aromatic heterocycles. The molecule has 3 N–H and O–H groups in total. The van der Waals surface area contributed by atoms with Crippen LogP contribution in [0.1, 0.15) is 20.3 Å². The maximum absolute atomic E-state index is 11.4. The van der Waals surface area contributed by atoms with Gasteiger partial charge in [0.05, 0.1) is 11.6 Å². The normalized spacial score (nSPS) is 10.2. The molecule has 8 nitrogen and oxygen atoms in total. The van der Waals surface area contributed by atoms with E-state index in [4.69, 9.17) is 15.5 Å². The quantitative estimate of drug-likeness (QED) is 0.629. The molecule has 1 aromatic rings. The van der Waals surface area contributed by atoms with Gasteiger partial charge in [0.1, 0.15) is 6.42 Å². The number of para-hydroxylation sites is 1. The Hall–Kier alpha value is -3.34. The summed E-state index contributed by atoms with van der Waals surface area (Å²) in [5.74, 6) is -2.75. The highest BCUT2D eigenvalue weighted by Crippen LogP contribution is 2.14. The Morgan fingerprint density at radius 3 is 2.08 bits per heavy atom. The first kappa shape index (κ1) is 22.7. The number of carboxylic acid groups (broad SMARTS) is 2. The molecule has 0 unspecified atom stereocenters. The SMILES string of the molecule is CN(CC(C)(C)NC(=O)CC#N)c1ccccc1.O=C(O)/C=C/C(=O)O. The second kappa shape index (κ2) is 11.3. The van der Waals surface area contributed by atoms with Crippen LogP contribution in [0.3, 0.4) is 0 Å². The summed E-state index contributed by atoms with van der Waals surface area (Å²) < 4.78 is 0. The first-order chi connectivity index (χ1) is 12.1. The highest BCUT2D eigenvalue weighted by molar-refractivity contribution is 5.89. The third-order valence-corrected chi connectivity index (χ3v) is 2.92. The Bertz CT molecular complexity index is 662. The van der Waals surface area contributed by atoms with Crippen LogP contribution in [-0.4, -0.2) is 47.2 Å². The average Bonchev–Trinajstić information content (AvgIpc) is 2.53. The number of nitriles is 1. The molecule has 1 rings (SSSR count). The Labute approximate surface area is 152 Å². The van der Waals surface area contributed by atoms with E-state index in [1.807, 2.05) is 57.3 Å². The zero-order valence-electron chi connectivity index (χ0n) is 15.0. The number of carbonyl (C=O) groups is 3. The number of benzene rings is 1. The minimum Gasteiger partial charge on any atom is -0.478 e. The molecule has 140 valence electrons. The van der Waals surface area contributed by atoms with E-state index in [1.165, 1.54) is 0 Å². The van der Waals surface area contributed by atoms with Crippen LogP contribution in [0.15, 0.2) is 42.5 Å². The smallest absolute Gasteiger partial charge is 0.328 e. The van der Waals surface area contributed by atoms with Crippen molar-refractivity contribution >= 4 is 23.5 Å². The number of carbonyl (C=O) groups excluding carboxylic acids is 1. The van der Waals surface area contributed by atoms with E-state index in [1.54, 1.807) is 0 Å². The van der Waals surface area contributed by atoms with Gasteiger partial charge in [0.15, 0.2) is 0 Å². The fourth-order valence-corrected chi connectivity index (χ4v) is 2.04. The van der Waals surface area contributed by atoms with Crippen molar-refractivity contribution < 1.29 is 24.6 Å². The summed E-state index contributed by atoms with van der Waals surface area (Å²) in [7, 11) is 1.98. The van der Waals surface area contributed by atoms with E-state index < -0.39 is 11.9 Å². The molecule has 1 aromatic carbocycles. The van der Waals surface area contributed by atoms with Crippen LogP contribution in [-0.2, 0) is 14.4 Å². The molecule has 26 heavy (non-hydrogen) atoms. The number of rotatable bonds is 7. The minimum atomic E-state index is -1.26. The fraction of sp³-hybridized carbons (Fsp3) is 0.333. The number of aliphatic carboxylic acids is 2. The number of nitrogens with zero attached hydrogens (tertiary/aromatic N) is 2. The number of carboxylic acids is 2. The molecule has 0 saturated heterocycles. The standard InChI is InChI=1S/C14H19N3O.C4H4O4/c1-14(2,16-13(18)9-10-15)11-17(3)12-7-5-4-6-8-12;5-3(6)1-2-4(7)8/h4-8H,9,11H2,1-3H3,(H,16,18);1-2H,(H,5,6)(H,7,8)/b;2-1+. The minimum absolute atomic E-state index is 0.0987. The summed E-state index contributed by atoms with van der Waals surface area (Å²) in [5, 5.41) is 27.0. The lowest BCUT2D eigenvalue weighted by atomic mass is 10.0. The van der Waals surface area contributed by atoms with Crippen LogP contribution in [0, 0.1) is 11.3 Å². The molecule has 0 atom stereocenters. The van der Waals surface area contributed by atoms with Gasteiger partial charge in [-0.3, -0.25) is 4.79 Å². The number of nitrogens with one attached hydrogen (secondary N) is 1. The van der Waals surface area contributed by atoms with Crippen molar-refractivity contribution in [3.05, 3.63) is 42.5 Å². The van der Waals surface area contributed by atoms with Gasteiger partial charge in [0, 0.05) is 31.4 Å². The molecule has 0 aliphatic rings. The first-order valence-corrected chi connectivity index (χ1v) is 7.65. The molecule has 0 spiro atoms. The lowest BCUT2D eigenvalue weighted by Gasteiger charge is -2.32. The van der Waals surface area contributed by atoms with Gasteiger partial charge in [-0.1, -0.05) is 18.2 Å². The second-order valence-electron chi connectivity index (χ2n) is 5.97. The van der Waals surface area contributed by atoms with Gasteiger partial charge in [-0.25, -0.2) is 9.59 Å². The maximum atomic E-state index is 11.4. The zero-order valence-corrected chi connectivity index (χ0v) is 15.0. The summed E-state index contributed by atoms with van der Waals surface area (Å²) in [6.07, 6.45) is 1.02. The van der Waals surface area contributed by atoms with Crippen LogP contribution in [0.5, 0.6) is 0 Å². The average molecular weight is 361 g/mol. The fourth-order valence-electron chi connectivity index (χ4n) is 2.04. The molecular formula is C18H23N3O5. The number of amides is 1. The van der Waals surface area contributed by atoms with Gasteiger partial charge in [-0.2, -0.15) is 5.26 Å². The molecule has 1 amide bonds. The lowest BCUT2D eigenvalue weighted by molar-refractivity contribution is -0.134. The number of likely N-dealkylation sites (N-methyl/N-ethyl adjacent to an activating group) is 1. The van der Waals surface area contributed by atoms with E-state index in [9.17, 15) is 14.4 Å². The number of anilines is 1. The van der Waals surface area contributed by atoms with Crippen LogP contribution < -0.4 is 10.2 Å². The van der Waals surface area contributed by atoms with Crippen molar-refractivity contribution in [3.63, 3.8) is 0 Å². The zero-order chi connectivity index (χ0) is 20.2. The van der Waals surface area contributed by atoms with Gasteiger partial charge < -0.3 is 20.4 Å². The molecule has 0 aliphatic carbocycles. The third-order valence-electron chi connectivity index (χ3n) is 2.92. The Balaban J connectivity index is 0.000000660. The third kappa shape index (κ3) is 11.2. The van der Waals surface area contributed by atoms with Crippen LogP contribution in [0.2, 0.25) is 0 Å². The largest absolute Gasteiger partial charge is 0.478 e. The van der Waals surface area contributed by atoms with Crippen molar-refractivity contribution in [2.45, 2.75) is 25.8 Å². The van der Waals surface area contributed by atoms with Crippen molar-refractivity contribution in [2.24, 2.45) is 0 Å². The molecule has 0 heterocycles. The Morgan fingerprint density at radius 1 is 1.15 bits per heavy atom. The van der Waals surface area contributed by atoms with Crippen molar-refractivity contribution in [3.8, 4) is 6.07 Å². The molecule has 0 bridgehead atoms. The summed E-state index contributed by atoms with van der Waals surface area (Å²) in [5.41, 5.74) is 0.721. The first-order valence-electron chi connectivity index (χ1n) is 7.65. The van der Waals surface area contributed by atoms with E-state index >= 15 is 0 Å². The van der Waals surface area contributed by atoms with Crippen molar-refractivity contribution in [1.82, 2.24) is 5.32 Å². The molecule has 0 aliphatic heterocycles. The molecule has 0 fully saturated rings. The summed E-state index contributed by atoms with van der Waals surface area (Å²) in [6.45, 7) is 4.57. The molecule has 0 radical (unpaired) electrons. The van der Waals surface area contributed by atoms with Gasteiger partial charge in [-0.05, 0) is 26.0 Å². The van der Waals surface area contributed by atoms with E-state index in [-0.39, 0.29) is 17.9 Å². The number of hydrogen-bond acceptors (Lipinski definition) is 5. The van der Waals surface area contributed by atoms with Gasteiger partial charge >= 0.3 is 11.9 Å². The lowest BCUT2D eigenvalue weighted by Crippen LogP contribution is -2.50. The number of hydrogen-bond donors (Lipinski definition) is 3. The summed E-state index contributed by atoms with van der Waals surface area (Å²) >= 11 is 0. The van der Waals surface area contributed by atoms with Crippen molar-refractivity contribution in [1.29, 1.82) is 5.26 Å². The highest BCUT2D eigenvalue weighted by Gasteiger charge is 2.22. The summed E-state index contributed by atoms with van der Waals surface area (Å²) in [4.78, 5) is 32.6. The topological polar surface area (TPSA) is 131 Å². The second-order valence-corrected chi connectivity index (χ2v) is 5.97. The van der Waals surface area contributed by atoms with Crippen molar-refractivity contribution in [2.75, 3.05) is 18.5 Å². The van der Waals surface area contributed by atoms with E-state index in [0.29, 0.717) is 18.7 Å². The Kier molecular flexibility index (Phi) is 9.81. The van der Waals surface area contributed by atoms with Gasteiger partial charge in [0.25, 0.3) is 0 Å². The maximum Gasteiger partial charge on any atom is 0.328 e. The highest BCUT2D eigenvalue weighted by atomic mass is 16.4. The van der Waals surface area contributed by atoms with Crippen LogP contribution in [0.4, 0.5) is 5.69 Å². The van der Waals surface area contributed by atoms with Crippen LogP contribution >= 0.6 is 0 Å². The van der Waals surface area contributed by atoms with E-state index in [0.717, 1.165) is 5.69 Å². The van der Waals surface area contributed by atoms with Gasteiger partial charge in [0.2, 0.25) is 5.91 Å².